The Balaban J connectivity index is 1.17. The van der Waals surface area contributed by atoms with Crippen LogP contribution in [-0.4, -0.2) is 63.8 Å². The standard InChI is InChI=1S/C24H32F4N4O2S/c1-31-22(27)17(14-29-31)13-18(33)12-16-2-6-24(28,7-3-16)8-11-32-9-4-19-20(5-10-32)35-23(30-19)34-15-21(25)26/h14,16,21H,2-13,15H2,1H3. The molecule has 1 aliphatic heterocycles. The van der Waals surface area contributed by atoms with Gasteiger partial charge in [0.05, 0.1) is 11.9 Å². The fourth-order valence-corrected chi connectivity index (χ4v) is 5.96. The molecule has 0 radical (unpaired) electrons. The van der Waals surface area contributed by atoms with Gasteiger partial charge in [-0.05, 0) is 44.4 Å². The van der Waals surface area contributed by atoms with Crippen molar-refractivity contribution in [3.05, 3.63) is 28.3 Å². The Labute approximate surface area is 206 Å². The van der Waals surface area contributed by atoms with Crippen LogP contribution < -0.4 is 4.74 Å². The van der Waals surface area contributed by atoms with Gasteiger partial charge in [-0.15, -0.1) is 0 Å². The molecule has 0 saturated heterocycles. The highest BCUT2D eigenvalue weighted by molar-refractivity contribution is 7.13. The normalized spacial score (nSPS) is 23.3. The Kier molecular flexibility index (Phi) is 8.46. The van der Waals surface area contributed by atoms with E-state index in [1.54, 1.807) is 0 Å². The second-order valence-electron chi connectivity index (χ2n) is 9.74. The number of ketones is 1. The number of carbonyl (C=O) groups excluding carboxylic acids is 1. The van der Waals surface area contributed by atoms with Gasteiger partial charge in [-0.3, -0.25) is 4.79 Å². The van der Waals surface area contributed by atoms with Gasteiger partial charge in [0.2, 0.25) is 5.95 Å². The Morgan fingerprint density at radius 2 is 2.03 bits per heavy atom. The van der Waals surface area contributed by atoms with E-state index in [4.69, 9.17) is 4.74 Å². The van der Waals surface area contributed by atoms with Gasteiger partial charge in [0, 0.05) is 56.4 Å². The molecule has 0 amide bonds. The lowest BCUT2D eigenvalue weighted by molar-refractivity contribution is -0.119. The maximum atomic E-state index is 15.5. The van der Waals surface area contributed by atoms with Crippen LogP contribution in [0.2, 0.25) is 0 Å². The number of ether oxygens (including phenoxy) is 1. The number of nitrogens with zero attached hydrogens (tertiary/aromatic N) is 4. The summed E-state index contributed by atoms with van der Waals surface area (Å²) in [6.07, 6.45) is 3.39. The predicted molar refractivity (Wildman–Crippen MR) is 124 cm³/mol. The first-order valence-corrected chi connectivity index (χ1v) is 13.0. The first-order valence-electron chi connectivity index (χ1n) is 12.2. The minimum Gasteiger partial charge on any atom is -0.464 e. The van der Waals surface area contributed by atoms with Crippen LogP contribution in [0.3, 0.4) is 0 Å². The van der Waals surface area contributed by atoms with Crippen molar-refractivity contribution >= 4 is 17.1 Å². The van der Waals surface area contributed by atoms with Crippen LogP contribution in [0.25, 0.3) is 0 Å². The summed E-state index contributed by atoms with van der Waals surface area (Å²) in [6, 6.07) is 0. The highest BCUT2D eigenvalue weighted by Crippen LogP contribution is 2.39. The number of fused-ring (bicyclic) bond motifs is 1. The summed E-state index contributed by atoms with van der Waals surface area (Å²) in [5.41, 5.74) is -0.0131. The zero-order valence-corrected chi connectivity index (χ0v) is 20.8. The summed E-state index contributed by atoms with van der Waals surface area (Å²) >= 11 is 1.32. The third-order valence-corrected chi connectivity index (χ3v) is 8.20. The van der Waals surface area contributed by atoms with Gasteiger partial charge in [-0.25, -0.2) is 22.8 Å². The van der Waals surface area contributed by atoms with E-state index in [-0.39, 0.29) is 18.1 Å². The summed E-state index contributed by atoms with van der Waals surface area (Å²) in [6.45, 7) is 1.55. The van der Waals surface area contributed by atoms with Gasteiger partial charge >= 0.3 is 0 Å². The number of alkyl halides is 3. The maximum Gasteiger partial charge on any atom is 0.273 e. The topological polar surface area (TPSA) is 60.2 Å². The zero-order valence-electron chi connectivity index (χ0n) is 19.9. The minimum absolute atomic E-state index is 0.0262. The van der Waals surface area contributed by atoms with Gasteiger partial charge < -0.3 is 9.64 Å². The number of rotatable bonds is 10. The van der Waals surface area contributed by atoms with Crippen LogP contribution in [-0.2, 0) is 31.1 Å². The summed E-state index contributed by atoms with van der Waals surface area (Å²) in [5.74, 6) is -0.362. The SMILES string of the molecule is Cn1ncc(CC(=O)CC2CCC(F)(CCN3CCc4nc(OCC(F)F)sc4CC3)CC2)c1F. The molecule has 1 saturated carbocycles. The minimum atomic E-state index is -2.52. The lowest BCUT2D eigenvalue weighted by Crippen LogP contribution is -2.36. The number of thiazole rings is 1. The van der Waals surface area contributed by atoms with Crippen molar-refractivity contribution in [3.8, 4) is 5.19 Å². The van der Waals surface area contributed by atoms with Crippen molar-refractivity contribution in [2.75, 3.05) is 26.2 Å². The van der Waals surface area contributed by atoms with Gasteiger partial charge in [0.15, 0.2) is 6.61 Å². The monoisotopic (exact) mass is 516 g/mol. The molecular formula is C24H32F4N4O2S. The zero-order chi connectivity index (χ0) is 25.0. The van der Waals surface area contributed by atoms with Gasteiger partial charge in [0.25, 0.3) is 11.6 Å². The smallest absolute Gasteiger partial charge is 0.273 e. The van der Waals surface area contributed by atoms with Crippen LogP contribution in [0, 0.1) is 11.9 Å². The van der Waals surface area contributed by atoms with E-state index in [0.29, 0.717) is 62.2 Å². The highest BCUT2D eigenvalue weighted by atomic mass is 32.1. The Morgan fingerprint density at radius 3 is 2.71 bits per heavy atom. The summed E-state index contributed by atoms with van der Waals surface area (Å²) in [4.78, 5) is 20.0. The molecule has 6 nitrogen and oxygen atoms in total. The molecule has 0 atom stereocenters. The van der Waals surface area contributed by atoms with Crippen LogP contribution >= 0.6 is 11.3 Å². The fourth-order valence-electron chi connectivity index (χ4n) is 5.01. The van der Waals surface area contributed by atoms with Crippen LogP contribution in [0.1, 0.15) is 54.7 Å². The van der Waals surface area contributed by atoms with Gasteiger partial charge in [-0.2, -0.15) is 9.49 Å². The molecule has 0 spiro atoms. The summed E-state index contributed by atoms with van der Waals surface area (Å²) in [7, 11) is 1.50. The molecular weight excluding hydrogens is 484 g/mol. The number of hydrogen-bond acceptors (Lipinski definition) is 6. The van der Waals surface area contributed by atoms with Crippen LogP contribution in [0.15, 0.2) is 6.20 Å². The predicted octanol–water partition coefficient (Wildman–Crippen LogP) is 4.55. The van der Waals surface area contributed by atoms with E-state index in [1.807, 2.05) is 0 Å². The van der Waals surface area contributed by atoms with E-state index in [2.05, 4.69) is 15.0 Å². The molecule has 11 heteroatoms. The lowest BCUT2D eigenvalue weighted by atomic mass is 9.76. The number of hydrogen-bond donors (Lipinski definition) is 0. The maximum absolute atomic E-state index is 15.5. The van der Waals surface area contributed by atoms with Crippen molar-refractivity contribution < 1.29 is 27.1 Å². The van der Waals surface area contributed by atoms with Crippen molar-refractivity contribution in [1.29, 1.82) is 0 Å². The van der Waals surface area contributed by atoms with Crippen molar-refractivity contribution in [1.82, 2.24) is 19.7 Å². The van der Waals surface area contributed by atoms with Crippen molar-refractivity contribution in [3.63, 3.8) is 0 Å². The number of aryl methyl sites for hydroxylation is 1. The van der Waals surface area contributed by atoms with E-state index < -0.39 is 24.6 Å². The average Bonchev–Trinajstić information content (AvgIpc) is 3.30. The van der Waals surface area contributed by atoms with Crippen LogP contribution in [0.5, 0.6) is 5.19 Å². The molecule has 194 valence electrons. The molecule has 0 N–H and O–H groups in total. The van der Waals surface area contributed by atoms with Crippen molar-refractivity contribution in [2.45, 2.75) is 69.9 Å². The van der Waals surface area contributed by atoms with Crippen molar-refractivity contribution in [2.24, 2.45) is 13.0 Å². The molecule has 2 aliphatic rings. The Bertz CT molecular complexity index is 978. The largest absolute Gasteiger partial charge is 0.464 e. The number of halogens is 4. The second-order valence-corrected chi connectivity index (χ2v) is 10.8. The number of carbonyl (C=O) groups is 1. The van der Waals surface area contributed by atoms with Gasteiger partial charge in [0.1, 0.15) is 11.5 Å². The third kappa shape index (κ3) is 7.03. The summed E-state index contributed by atoms with van der Waals surface area (Å²) in [5, 5.41) is 4.13. The molecule has 0 bridgehead atoms. The molecule has 3 heterocycles. The van der Waals surface area contributed by atoms with E-state index in [1.165, 1.54) is 24.6 Å². The number of aromatic nitrogens is 3. The molecule has 1 fully saturated rings. The van der Waals surface area contributed by atoms with E-state index in [9.17, 15) is 18.0 Å². The molecule has 1 aliphatic carbocycles. The third-order valence-electron chi connectivity index (χ3n) is 7.13. The fraction of sp³-hybridized carbons (Fsp3) is 0.708. The van der Waals surface area contributed by atoms with Gasteiger partial charge in [-0.1, -0.05) is 11.3 Å². The second kappa shape index (κ2) is 11.4. The molecule has 35 heavy (non-hydrogen) atoms. The lowest BCUT2D eigenvalue weighted by Gasteiger charge is -2.35. The Morgan fingerprint density at radius 1 is 1.29 bits per heavy atom. The average molecular weight is 517 g/mol. The van der Waals surface area contributed by atoms with E-state index in [0.717, 1.165) is 34.8 Å². The molecule has 0 aromatic carbocycles. The van der Waals surface area contributed by atoms with Crippen LogP contribution in [0.4, 0.5) is 17.6 Å². The molecule has 0 unspecified atom stereocenters. The molecule has 2 aromatic heterocycles. The first-order chi connectivity index (χ1) is 16.7. The van der Waals surface area contributed by atoms with E-state index >= 15 is 4.39 Å². The number of Topliss-reactive ketones (excluding diaryl/α,β-unsaturated/α-hetero) is 1. The molecule has 2 aromatic rings. The Hall–Kier alpha value is -2.01. The molecule has 4 rings (SSSR count). The quantitative estimate of drug-likeness (QED) is 0.434. The summed E-state index contributed by atoms with van der Waals surface area (Å²) < 4.78 is 60.2. The highest BCUT2D eigenvalue weighted by Gasteiger charge is 2.36. The first kappa shape index (κ1) is 26.1.